The molecular weight excluding hydrogens is 438 g/mol. The number of imidazole rings is 1. The Morgan fingerprint density at radius 2 is 1.83 bits per heavy atom. The van der Waals surface area contributed by atoms with Crippen molar-refractivity contribution in [2.75, 3.05) is 27.2 Å². The maximum Gasteiger partial charge on any atom is 0.138 e. The summed E-state index contributed by atoms with van der Waals surface area (Å²) in [7, 11) is 4.06. The summed E-state index contributed by atoms with van der Waals surface area (Å²) >= 11 is 0. The van der Waals surface area contributed by atoms with Crippen LogP contribution in [0.2, 0.25) is 0 Å². The molecule has 0 fully saturated rings. The fourth-order valence-electron chi connectivity index (χ4n) is 4.53. The Kier molecular flexibility index (Phi) is 6.59. The Morgan fingerprint density at radius 3 is 2.57 bits per heavy atom. The molecule has 0 bridgehead atoms. The van der Waals surface area contributed by atoms with Gasteiger partial charge in [-0.15, -0.1) is 5.16 Å². The molecule has 0 saturated heterocycles. The molecule has 1 atom stereocenters. The highest BCUT2D eigenvalue weighted by molar-refractivity contribution is 5.82. The zero-order valence-electron chi connectivity index (χ0n) is 20.0. The highest BCUT2D eigenvalue weighted by Crippen LogP contribution is 2.38. The number of nitrogens with one attached hydrogen (secondary N) is 1. The van der Waals surface area contributed by atoms with E-state index >= 15 is 0 Å². The number of oxime groups is 1. The van der Waals surface area contributed by atoms with Crippen LogP contribution in [0.25, 0.3) is 33.9 Å². The van der Waals surface area contributed by atoms with Gasteiger partial charge >= 0.3 is 0 Å². The summed E-state index contributed by atoms with van der Waals surface area (Å²) in [6.07, 6.45) is 7.11. The van der Waals surface area contributed by atoms with Crippen LogP contribution in [0.15, 0.2) is 72.1 Å². The second-order valence-electron chi connectivity index (χ2n) is 9.04. The van der Waals surface area contributed by atoms with Crippen molar-refractivity contribution >= 4 is 6.21 Å². The van der Waals surface area contributed by atoms with Gasteiger partial charge in [0.15, 0.2) is 0 Å². The monoisotopic (exact) mass is 467 g/mol. The SMILES string of the molecule is CN(C)CCOc1ccc(-c2nc(-c3ccc4c(c3)CCC4/C=N/O)c(-c3ccncc3)[nH]2)cc1. The number of aromatic amines is 1. The van der Waals surface area contributed by atoms with Crippen LogP contribution >= 0.6 is 0 Å². The van der Waals surface area contributed by atoms with Gasteiger partial charge in [-0.05, 0) is 80.5 Å². The molecule has 4 aromatic rings. The van der Waals surface area contributed by atoms with Gasteiger partial charge in [-0.1, -0.05) is 12.1 Å². The number of aromatic nitrogens is 3. The quantitative estimate of drug-likeness (QED) is 0.210. The average Bonchev–Trinajstić information content (AvgIpc) is 3.50. The Bertz CT molecular complexity index is 1310. The van der Waals surface area contributed by atoms with Crippen molar-refractivity contribution in [2.24, 2.45) is 5.16 Å². The standard InChI is InChI=1S/C28H29N5O2/c1-33(2)15-16-35-24-8-5-20(6-9-24)28-31-26(19-11-13-29-14-12-19)27(32-28)22-7-10-25-21(17-22)3-4-23(25)18-30-34/h5-14,17-18,23,34H,3-4,15-16H2,1-2H3,(H,31,32)/b30-18+. The predicted octanol–water partition coefficient (Wildman–Crippen LogP) is 5.24. The van der Waals surface area contributed by atoms with E-state index in [9.17, 15) is 0 Å². The van der Waals surface area contributed by atoms with E-state index in [4.69, 9.17) is 14.9 Å². The number of ether oxygens (including phenoxy) is 1. The Balaban J connectivity index is 1.49. The molecule has 2 N–H and O–H groups in total. The van der Waals surface area contributed by atoms with Gasteiger partial charge < -0.3 is 19.8 Å². The Hall–Kier alpha value is -3.97. The minimum atomic E-state index is 0.164. The zero-order chi connectivity index (χ0) is 24.2. The van der Waals surface area contributed by atoms with Crippen LogP contribution in [0.4, 0.5) is 0 Å². The van der Waals surface area contributed by atoms with Crippen molar-refractivity contribution in [3.63, 3.8) is 0 Å². The molecule has 0 amide bonds. The minimum Gasteiger partial charge on any atom is -0.492 e. The van der Waals surface area contributed by atoms with Gasteiger partial charge in [-0.3, -0.25) is 4.98 Å². The number of H-pyrrole nitrogens is 1. The van der Waals surface area contributed by atoms with E-state index in [0.717, 1.165) is 59.0 Å². The Morgan fingerprint density at radius 1 is 1.06 bits per heavy atom. The average molecular weight is 468 g/mol. The lowest BCUT2D eigenvalue weighted by atomic mass is 9.98. The molecule has 35 heavy (non-hydrogen) atoms. The topological polar surface area (TPSA) is 86.6 Å². The van der Waals surface area contributed by atoms with Gasteiger partial charge in [0.1, 0.15) is 18.2 Å². The summed E-state index contributed by atoms with van der Waals surface area (Å²) in [6, 6.07) is 18.5. The number of hydrogen-bond donors (Lipinski definition) is 2. The molecule has 0 aliphatic heterocycles. The fourth-order valence-corrected chi connectivity index (χ4v) is 4.53. The number of rotatable bonds is 8. The number of pyridine rings is 1. The van der Waals surface area contributed by atoms with E-state index in [1.807, 2.05) is 50.5 Å². The molecule has 0 saturated carbocycles. The third kappa shape index (κ3) is 4.95. The highest BCUT2D eigenvalue weighted by Gasteiger charge is 2.23. The molecule has 7 nitrogen and oxygen atoms in total. The number of fused-ring (bicyclic) bond motifs is 1. The molecule has 178 valence electrons. The Labute approximate surface area is 205 Å². The van der Waals surface area contributed by atoms with Crippen molar-refractivity contribution in [3.8, 4) is 39.7 Å². The van der Waals surface area contributed by atoms with Crippen LogP contribution in [0.5, 0.6) is 5.75 Å². The van der Waals surface area contributed by atoms with E-state index in [0.29, 0.717) is 6.61 Å². The third-order valence-corrected chi connectivity index (χ3v) is 6.39. The van der Waals surface area contributed by atoms with E-state index in [1.165, 1.54) is 11.1 Å². The molecule has 2 aromatic heterocycles. The van der Waals surface area contributed by atoms with Gasteiger partial charge in [0.25, 0.3) is 0 Å². The first-order valence-electron chi connectivity index (χ1n) is 11.8. The first-order chi connectivity index (χ1) is 17.1. The fraction of sp³-hybridized carbons (Fsp3) is 0.250. The second-order valence-corrected chi connectivity index (χ2v) is 9.04. The zero-order valence-corrected chi connectivity index (χ0v) is 20.0. The van der Waals surface area contributed by atoms with Gasteiger partial charge in [0, 0.05) is 41.5 Å². The summed E-state index contributed by atoms with van der Waals surface area (Å²) < 4.78 is 5.84. The third-order valence-electron chi connectivity index (χ3n) is 6.39. The van der Waals surface area contributed by atoms with Crippen molar-refractivity contribution < 1.29 is 9.94 Å². The summed E-state index contributed by atoms with van der Waals surface area (Å²) in [5.41, 5.74) is 7.44. The van der Waals surface area contributed by atoms with E-state index in [2.05, 4.69) is 38.2 Å². The second kappa shape index (κ2) is 10.1. The lowest BCUT2D eigenvalue weighted by Gasteiger charge is -2.11. The smallest absolute Gasteiger partial charge is 0.138 e. The van der Waals surface area contributed by atoms with E-state index < -0.39 is 0 Å². The van der Waals surface area contributed by atoms with Crippen LogP contribution in [0, 0.1) is 0 Å². The van der Waals surface area contributed by atoms with Crippen molar-refractivity contribution in [3.05, 3.63) is 78.1 Å². The molecule has 1 unspecified atom stereocenters. The first kappa shape index (κ1) is 22.8. The van der Waals surface area contributed by atoms with E-state index in [1.54, 1.807) is 18.6 Å². The van der Waals surface area contributed by atoms with Crippen LogP contribution in [0.3, 0.4) is 0 Å². The normalized spacial score (nSPS) is 15.1. The lowest BCUT2D eigenvalue weighted by Crippen LogP contribution is -2.19. The molecule has 1 aliphatic carbocycles. The summed E-state index contributed by atoms with van der Waals surface area (Å²) in [6.45, 7) is 1.51. The van der Waals surface area contributed by atoms with Gasteiger partial charge in [-0.25, -0.2) is 4.98 Å². The minimum absolute atomic E-state index is 0.164. The molecule has 1 aliphatic rings. The van der Waals surface area contributed by atoms with Crippen LogP contribution < -0.4 is 4.74 Å². The molecular formula is C28H29N5O2. The van der Waals surface area contributed by atoms with Gasteiger partial charge in [-0.2, -0.15) is 0 Å². The van der Waals surface area contributed by atoms with E-state index in [-0.39, 0.29) is 5.92 Å². The number of hydrogen-bond acceptors (Lipinski definition) is 6. The van der Waals surface area contributed by atoms with Crippen LogP contribution in [-0.2, 0) is 6.42 Å². The maximum absolute atomic E-state index is 8.98. The summed E-state index contributed by atoms with van der Waals surface area (Å²) in [5.74, 6) is 1.81. The van der Waals surface area contributed by atoms with Crippen molar-refractivity contribution in [1.29, 1.82) is 0 Å². The summed E-state index contributed by atoms with van der Waals surface area (Å²) in [4.78, 5) is 14.8. The number of benzene rings is 2. The molecule has 0 radical (unpaired) electrons. The number of aryl methyl sites for hydroxylation is 1. The molecule has 7 heteroatoms. The van der Waals surface area contributed by atoms with Gasteiger partial charge in [0.05, 0.1) is 17.6 Å². The van der Waals surface area contributed by atoms with Crippen LogP contribution in [0.1, 0.15) is 23.5 Å². The molecule has 5 rings (SSSR count). The molecule has 2 aromatic carbocycles. The number of nitrogens with zero attached hydrogens (tertiary/aromatic N) is 4. The molecule has 0 spiro atoms. The highest BCUT2D eigenvalue weighted by atomic mass is 16.5. The maximum atomic E-state index is 8.98. The van der Waals surface area contributed by atoms with Crippen molar-refractivity contribution in [1.82, 2.24) is 19.9 Å². The lowest BCUT2D eigenvalue weighted by molar-refractivity contribution is 0.261. The number of likely N-dealkylation sites (N-methyl/N-ethyl adjacent to an activating group) is 1. The largest absolute Gasteiger partial charge is 0.492 e. The predicted molar refractivity (Wildman–Crippen MR) is 138 cm³/mol. The van der Waals surface area contributed by atoms with Crippen LogP contribution in [-0.4, -0.2) is 58.5 Å². The van der Waals surface area contributed by atoms with Crippen molar-refractivity contribution in [2.45, 2.75) is 18.8 Å². The van der Waals surface area contributed by atoms with Gasteiger partial charge in [0.2, 0.25) is 0 Å². The summed E-state index contributed by atoms with van der Waals surface area (Å²) in [5, 5.41) is 12.2. The molecule has 2 heterocycles. The first-order valence-corrected chi connectivity index (χ1v) is 11.8.